The number of nitrogens with one attached hydrogen (secondary N) is 5. The molecule has 0 spiro atoms. The smallest absolute Gasteiger partial charge is 0.408 e. The highest BCUT2D eigenvalue weighted by molar-refractivity contribution is 7.90. The van der Waals surface area contributed by atoms with E-state index in [9.17, 15) is 74.6 Å². The molecular formula is C40H58N8O19S. The highest BCUT2D eigenvalue weighted by Crippen LogP contribution is 2.31. The summed E-state index contributed by atoms with van der Waals surface area (Å²) in [6.45, 7) is 5.56. The Bertz CT molecular complexity index is 2040. The fourth-order valence-electron chi connectivity index (χ4n) is 7.75. The van der Waals surface area contributed by atoms with Crippen molar-refractivity contribution in [3.8, 4) is 17.6 Å². The average molecular weight is 987 g/mol. The van der Waals surface area contributed by atoms with Gasteiger partial charge in [-0.25, -0.2) is 10.1 Å². The van der Waals surface area contributed by atoms with Crippen molar-refractivity contribution in [1.29, 1.82) is 5.26 Å². The summed E-state index contributed by atoms with van der Waals surface area (Å²) < 4.78 is 14.5. The van der Waals surface area contributed by atoms with Crippen LogP contribution in [0.5, 0.6) is 11.5 Å². The largest absolute Gasteiger partial charge is 0.504 e. The van der Waals surface area contributed by atoms with Gasteiger partial charge in [0, 0.05) is 44.8 Å². The molecule has 0 aromatic heterocycles. The molecule has 378 valence electrons. The summed E-state index contributed by atoms with van der Waals surface area (Å²) in [6.07, 6.45) is -14.1. The van der Waals surface area contributed by atoms with E-state index in [0.29, 0.717) is 0 Å². The van der Waals surface area contributed by atoms with Crippen molar-refractivity contribution in [3.63, 3.8) is 0 Å². The van der Waals surface area contributed by atoms with Crippen LogP contribution in [0.2, 0.25) is 0 Å². The van der Waals surface area contributed by atoms with Crippen LogP contribution in [-0.4, -0.2) is 190 Å². The molecule has 28 heteroatoms. The van der Waals surface area contributed by atoms with Gasteiger partial charge in [-0.2, -0.15) is 5.26 Å². The van der Waals surface area contributed by atoms with Gasteiger partial charge in [0.1, 0.15) is 41.9 Å². The zero-order valence-corrected chi connectivity index (χ0v) is 38.3. The first-order valence-corrected chi connectivity index (χ1v) is 21.9. The Morgan fingerprint density at radius 2 is 1.54 bits per heavy atom. The van der Waals surface area contributed by atoms with Crippen LogP contribution < -0.4 is 30.8 Å². The third-order valence-electron chi connectivity index (χ3n) is 11.1. The minimum absolute atomic E-state index is 0.0673. The van der Waals surface area contributed by atoms with E-state index in [1.165, 1.54) is 33.8 Å². The first-order chi connectivity index (χ1) is 31.9. The maximum Gasteiger partial charge on any atom is 0.408 e. The van der Waals surface area contributed by atoms with Gasteiger partial charge in [-0.3, -0.25) is 28.8 Å². The topological polar surface area (TPSA) is 409 Å². The van der Waals surface area contributed by atoms with Crippen molar-refractivity contribution < 1.29 is 92.9 Å². The number of aromatic hydroxyl groups is 1. The van der Waals surface area contributed by atoms with Gasteiger partial charge < -0.3 is 81.0 Å². The fourth-order valence-corrected chi connectivity index (χ4v) is 8.01. The van der Waals surface area contributed by atoms with Crippen LogP contribution in [0.15, 0.2) is 18.2 Å². The summed E-state index contributed by atoms with van der Waals surface area (Å²) >= 11 is 0.0673. The summed E-state index contributed by atoms with van der Waals surface area (Å²) in [4.78, 5) is 99.5. The predicted octanol–water partition coefficient (Wildman–Crippen LogP) is -4.29. The summed E-state index contributed by atoms with van der Waals surface area (Å²) in [7, 11) is 0. The molecule has 27 nitrogen and oxygen atoms in total. The minimum atomic E-state index is -2.13. The Morgan fingerprint density at radius 1 is 0.897 bits per heavy atom. The molecule has 1 aromatic carbocycles. The Kier molecular flexibility index (Phi) is 19.5. The molecule has 0 saturated carbocycles. The number of phenolic OH excluding ortho intramolecular Hbond substituents is 1. The first kappa shape index (κ1) is 55.0. The van der Waals surface area contributed by atoms with Crippen molar-refractivity contribution in [2.45, 2.75) is 139 Å². The van der Waals surface area contributed by atoms with E-state index in [2.05, 4.69) is 36.0 Å². The molecule has 3 heterocycles. The van der Waals surface area contributed by atoms with Crippen molar-refractivity contribution in [1.82, 2.24) is 36.4 Å². The number of β-amino-alcohol motifs (C(OH)–C–C–N with tert-alkyl or cyclic N) is 1. The number of nitriles is 1. The molecule has 3 fully saturated rings. The van der Waals surface area contributed by atoms with E-state index in [0.717, 1.165) is 28.9 Å². The number of alkyl carbamates (subject to hydrolysis) is 1. The van der Waals surface area contributed by atoms with E-state index in [1.54, 1.807) is 6.07 Å². The van der Waals surface area contributed by atoms with Gasteiger partial charge in [-0.1, -0.05) is 22.4 Å². The van der Waals surface area contributed by atoms with Crippen molar-refractivity contribution in [2.75, 3.05) is 19.6 Å². The number of ether oxygens (including phenoxy) is 1. The Labute approximate surface area is 393 Å². The Hall–Kier alpha value is -5.61. The SMILES string of the molecule is CC(O)C1NC(=O)[C@@H](NC(=O)OC(C)(C)C)C[C@H](O)CNC(=O)C2[C@@H](O)C(C)CN2C(=O)[C@H]([C@H](O)CC#N)NC(=O)C([C@H](O)Cc2ccc(O)c(OSOOO)c2)NC(=O)C2CC(O)CN2C1=O. The molecule has 3 aliphatic rings. The molecule has 3 saturated heterocycles. The van der Waals surface area contributed by atoms with E-state index in [-0.39, 0.29) is 30.2 Å². The fraction of sp³-hybridized carbons (Fsp3) is 0.650. The van der Waals surface area contributed by atoms with Gasteiger partial charge in [0.05, 0.1) is 49.1 Å². The first-order valence-electron chi connectivity index (χ1n) is 21.2. The quantitative estimate of drug-likeness (QED) is 0.0432. The van der Waals surface area contributed by atoms with E-state index < -0.39 is 170 Å². The van der Waals surface area contributed by atoms with Crippen LogP contribution in [0.25, 0.3) is 0 Å². The van der Waals surface area contributed by atoms with Gasteiger partial charge in [0.25, 0.3) is 12.3 Å². The Morgan fingerprint density at radius 3 is 2.18 bits per heavy atom. The highest BCUT2D eigenvalue weighted by atomic mass is 32.2. The highest BCUT2D eigenvalue weighted by Gasteiger charge is 2.49. The molecule has 0 bridgehead atoms. The predicted molar refractivity (Wildman–Crippen MR) is 228 cm³/mol. The number of hydrogen-bond donors (Lipinski definition) is 13. The third-order valence-corrected chi connectivity index (χ3v) is 11.4. The van der Waals surface area contributed by atoms with Crippen LogP contribution in [0.1, 0.15) is 59.4 Å². The summed E-state index contributed by atoms with van der Waals surface area (Å²) in [5.41, 5.74) is -0.972. The van der Waals surface area contributed by atoms with Crippen molar-refractivity contribution in [3.05, 3.63) is 23.8 Å². The second-order valence-electron chi connectivity index (χ2n) is 17.6. The summed E-state index contributed by atoms with van der Waals surface area (Å²) in [5.74, 6) is -8.75. The molecule has 1 aromatic rings. The molecule has 7 amide bonds. The van der Waals surface area contributed by atoms with E-state index >= 15 is 0 Å². The number of fused-ring (bicyclic) bond motifs is 2. The second-order valence-corrected chi connectivity index (χ2v) is 18.1. The number of hydrogen-bond acceptors (Lipinski definition) is 21. The van der Waals surface area contributed by atoms with Crippen LogP contribution in [0, 0.1) is 17.2 Å². The number of carbonyl (C=O) groups excluding carboxylic acids is 7. The summed E-state index contributed by atoms with van der Waals surface area (Å²) in [5, 5.41) is 110. The molecule has 68 heavy (non-hydrogen) atoms. The third kappa shape index (κ3) is 14.5. The zero-order chi connectivity index (χ0) is 50.8. The number of aliphatic hydroxyl groups is 6. The molecule has 3 aliphatic heterocycles. The number of aliphatic hydroxyl groups excluding tert-OH is 6. The Balaban J connectivity index is 1.83. The second kappa shape index (κ2) is 24.1. The number of amides is 7. The average Bonchev–Trinajstić information content (AvgIpc) is 3.80. The van der Waals surface area contributed by atoms with Gasteiger partial charge >= 0.3 is 6.09 Å². The zero-order valence-electron chi connectivity index (χ0n) is 37.5. The van der Waals surface area contributed by atoms with Crippen molar-refractivity contribution >= 4 is 53.9 Å². The van der Waals surface area contributed by atoms with Gasteiger partial charge in [-0.05, 0) is 45.4 Å². The standard InChI is InChI=1S/C40H58N8O19S/c1-17-15-48-31(32(17)55)36(59)42-14-20(50)12-22(43-39(62)64-40(3,4)5)33(56)44-28(18(2)49)37(60)47-16-21(51)13-23(47)34(57)45-29(35(58)46-30(38(48)61)25(53)8-9-41)26(54)10-19-6-7-24(52)27(11-19)65-68-67-66-63/h6-7,11,17-18,20-23,25-26,28-32,49-55,63H,8,10,12-16H2,1-5H3,(H,42,59)(H,43,62)(H,44,56)(H,45,57)(H,46,58)/t17?,18?,20-,21?,22-,23?,25+,26+,28?,29?,30-,31?,32-/m0/s1. The van der Waals surface area contributed by atoms with E-state index in [4.69, 9.17) is 14.2 Å². The molecule has 0 aliphatic carbocycles. The summed E-state index contributed by atoms with van der Waals surface area (Å²) in [6, 6.07) is -6.11. The monoisotopic (exact) mass is 986 g/mol. The maximum atomic E-state index is 14.4. The maximum absolute atomic E-state index is 14.4. The van der Waals surface area contributed by atoms with Crippen LogP contribution >= 0.6 is 12.3 Å². The van der Waals surface area contributed by atoms with Gasteiger partial charge in [0.2, 0.25) is 35.4 Å². The minimum Gasteiger partial charge on any atom is -0.504 e. The number of nitrogens with zero attached hydrogens (tertiary/aromatic N) is 3. The lowest BCUT2D eigenvalue weighted by Crippen LogP contribution is -2.64. The van der Waals surface area contributed by atoms with Crippen LogP contribution in [0.4, 0.5) is 4.79 Å². The number of benzene rings is 1. The molecule has 0 radical (unpaired) electrons. The molecule has 13 atom stereocenters. The van der Waals surface area contributed by atoms with Crippen molar-refractivity contribution in [2.24, 2.45) is 5.92 Å². The lowest BCUT2D eigenvalue weighted by molar-refractivity contribution is -0.433. The molecule has 4 rings (SSSR count). The van der Waals surface area contributed by atoms with Crippen LogP contribution in [-0.2, 0) is 49.3 Å². The normalized spacial score (nSPS) is 29.4. The number of phenols is 1. The number of carbonyl (C=O) groups is 7. The molecule has 7 unspecified atom stereocenters. The number of rotatable bonds is 11. The molecular weight excluding hydrogens is 929 g/mol. The van der Waals surface area contributed by atoms with Gasteiger partial charge in [0.15, 0.2) is 11.5 Å². The molecule has 13 N–H and O–H groups in total. The van der Waals surface area contributed by atoms with Gasteiger partial charge in [-0.15, -0.1) is 0 Å². The van der Waals surface area contributed by atoms with Crippen LogP contribution in [0.3, 0.4) is 0 Å². The lowest BCUT2D eigenvalue weighted by Gasteiger charge is -2.33. The lowest BCUT2D eigenvalue weighted by atomic mass is 9.98. The van der Waals surface area contributed by atoms with E-state index in [1.807, 2.05) is 0 Å².